The number of hydrogen-bond acceptors (Lipinski definition) is 4. The molecule has 6 heteroatoms. The molecule has 0 aromatic heterocycles. The number of hydrogen-bond donors (Lipinski definition) is 1. The zero-order valence-electron chi connectivity index (χ0n) is 17.9. The number of carbonyl (C=O) groups excluding carboxylic acids is 2. The number of ketones is 1. The van der Waals surface area contributed by atoms with Crippen LogP contribution < -0.4 is 14.8 Å². The van der Waals surface area contributed by atoms with Gasteiger partial charge in [0.15, 0.2) is 17.3 Å². The Bertz CT molecular complexity index is 1130. The van der Waals surface area contributed by atoms with Gasteiger partial charge in [-0.3, -0.25) is 9.59 Å². The van der Waals surface area contributed by atoms with Gasteiger partial charge >= 0.3 is 0 Å². The van der Waals surface area contributed by atoms with Gasteiger partial charge in [0.05, 0.1) is 19.4 Å². The zero-order chi connectivity index (χ0) is 22.9. The summed E-state index contributed by atoms with van der Waals surface area (Å²) in [4.78, 5) is 25.5. The fraction of sp³-hybridized carbons (Fsp3) is 0.154. The van der Waals surface area contributed by atoms with Crippen molar-refractivity contribution in [3.8, 4) is 11.5 Å². The summed E-state index contributed by atoms with van der Waals surface area (Å²) < 4.78 is 11.0. The Labute approximate surface area is 192 Å². The molecule has 0 bridgehead atoms. The summed E-state index contributed by atoms with van der Waals surface area (Å²) in [5.41, 5.74) is 2.00. The highest BCUT2D eigenvalue weighted by Gasteiger charge is 2.15. The lowest BCUT2D eigenvalue weighted by Gasteiger charge is -2.11. The maximum atomic E-state index is 12.9. The van der Waals surface area contributed by atoms with Crippen LogP contribution >= 0.6 is 11.6 Å². The van der Waals surface area contributed by atoms with Crippen molar-refractivity contribution in [1.82, 2.24) is 0 Å². The molecule has 0 fully saturated rings. The maximum Gasteiger partial charge on any atom is 0.248 e. The highest BCUT2D eigenvalue weighted by molar-refractivity contribution is 6.31. The maximum absolute atomic E-state index is 12.9. The molecule has 0 aliphatic carbocycles. The molecule has 1 N–H and O–H groups in total. The standard InChI is InChI=1S/C26H24ClNO4/c1-3-15-32-23-13-9-18(16-24(23)31-2)10-14-25(29)28-22-12-11-20(27)17-21(22)26(30)19-7-5-4-6-8-19/h4-14,16-17H,3,15H2,1-2H3,(H,28,29). The average Bonchev–Trinajstić information content (AvgIpc) is 2.82. The first kappa shape index (κ1) is 23.1. The molecular formula is C26H24ClNO4. The number of nitrogens with one attached hydrogen (secondary N) is 1. The lowest BCUT2D eigenvalue weighted by molar-refractivity contribution is -0.111. The molecule has 0 atom stereocenters. The Morgan fingerprint density at radius 3 is 2.50 bits per heavy atom. The van der Waals surface area contributed by atoms with Gasteiger partial charge in [-0.2, -0.15) is 0 Å². The van der Waals surface area contributed by atoms with Crippen LogP contribution in [0.2, 0.25) is 5.02 Å². The molecule has 3 rings (SSSR count). The number of rotatable bonds is 9. The first-order valence-corrected chi connectivity index (χ1v) is 10.6. The summed E-state index contributed by atoms with van der Waals surface area (Å²) in [7, 11) is 1.57. The highest BCUT2D eigenvalue weighted by atomic mass is 35.5. The highest BCUT2D eigenvalue weighted by Crippen LogP contribution is 2.29. The summed E-state index contributed by atoms with van der Waals surface area (Å²) >= 11 is 6.10. The molecular weight excluding hydrogens is 426 g/mol. The fourth-order valence-corrected chi connectivity index (χ4v) is 3.20. The molecule has 0 heterocycles. The topological polar surface area (TPSA) is 64.6 Å². The van der Waals surface area contributed by atoms with Gasteiger partial charge in [-0.1, -0.05) is 54.9 Å². The van der Waals surface area contributed by atoms with Gasteiger partial charge in [0, 0.05) is 22.2 Å². The van der Waals surface area contributed by atoms with Crippen molar-refractivity contribution in [3.05, 3.63) is 94.5 Å². The number of benzene rings is 3. The van der Waals surface area contributed by atoms with Crippen LogP contribution in [0.1, 0.15) is 34.8 Å². The number of halogens is 1. The number of methoxy groups -OCH3 is 1. The van der Waals surface area contributed by atoms with E-state index in [1.807, 2.05) is 25.1 Å². The third-order valence-corrected chi connectivity index (χ3v) is 4.83. The third-order valence-electron chi connectivity index (χ3n) is 4.60. The van der Waals surface area contributed by atoms with Crippen molar-refractivity contribution in [2.24, 2.45) is 0 Å². The van der Waals surface area contributed by atoms with E-state index in [1.165, 1.54) is 6.08 Å². The summed E-state index contributed by atoms with van der Waals surface area (Å²) in [5, 5.41) is 3.18. The van der Waals surface area contributed by atoms with Crippen molar-refractivity contribution < 1.29 is 19.1 Å². The molecule has 3 aromatic carbocycles. The monoisotopic (exact) mass is 449 g/mol. The quantitative estimate of drug-likeness (QED) is 0.320. The molecule has 3 aromatic rings. The van der Waals surface area contributed by atoms with E-state index < -0.39 is 0 Å². The predicted molar refractivity (Wildman–Crippen MR) is 128 cm³/mol. The molecule has 1 amide bonds. The van der Waals surface area contributed by atoms with Gasteiger partial charge in [0.2, 0.25) is 5.91 Å². The van der Waals surface area contributed by atoms with Crippen molar-refractivity contribution in [2.45, 2.75) is 13.3 Å². The van der Waals surface area contributed by atoms with Gasteiger partial charge in [0.1, 0.15) is 0 Å². The van der Waals surface area contributed by atoms with Gasteiger partial charge < -0.3 is 14.8 Å². The Morgan fingerprint density at radius 1 is 1.00 bits per heavy atom. The zero-order valence-corrected chi connectivity index (χ0v) is 18.7. The van der Waals surface area contributed by atoms with Crippen LogP contribution in [0.15, 0.2) is 72.8 Å². The molecule has 0 unspecified atom stereocenters. The van der Waals surface area contributed by atoms with Crippen LogP contribution in [0.3, 0.4) is 0 Å². The van der Waals surface area contributed by atoms with Crippen molar-refractivity contribution in [3.63, 3.8) is 0 Å². The summed E-state index contributed by atoms with van der Waals surface area (Å²) in [6.07, 6.45) is 3.95. The molecule has 0 radical (unpaired) electrons. The van der Waals surface area contributed by atoms with Crippen LogP contribution in [0.5, 0.6) is 11.5 Å². The van der Waals surface area contributed by atoms with Gasteiger partial charge in [0.25, 0.3) is 0 Å². The second-order valence-electron chi connectivity index (χ2n) is 6.97. The van der Waals surface area contributed by atoms with Gasteiger partial charge in [-0.25, -0.2) is 0 Å². The van der Waals surface area contributed by atoms with Gasteiger partial charge in [-0.15, -0.1) is 0 Å². The lowest BCUT2D eigenvalue weighted by atomic mass is 10.0. The summed E-state index contributed by atoms with van der Waals surface area (Å²) in [6, 6.07) is 19.1. The van der Waals surface area contributed by atoms with E-state index in [-0.39, 0.29) is 11.7 Å². The van der Waals surface area contributed by atoms with Crippen LogP contribution in [-0.4, -0.2) is 25.4 Å². The molecule has 0 aliphatic heterocycles. The second-order valence-corrected chi connectivity index (χ2v) is 7.40. The van der Waals surface area contributed by atoms with Crippen LogP contribution in [-0.2, 0) is 4.79 Å². The molecule has 32 heavy (non-hydrogen) atoms. The minimum absolute atomic E-state index is 0.222. The van der Waals surface area contributed by atoms with Crippen molar-refractivity contribution >= 4 is 35.1 Å². The number of carbonyl (C=O) groups is 2. The fourth-order valence-electron chi connectivity index (χ4n) is 3.02. The Balaban J connectivity index is 1.77. The summed E-state index contributed by atoms with van der Waals surface area (Å²) in [6.45, 7) is 2.63. The Kier molecular flexibility index (Phi) is 8.06. The summed E-state index contributed by atoms with van der Waals surface area (Å²) in [5.74, 6) is 0.648. The van der Waals surface area contributed by atoms with E-state index in [0.717, 1.165) is 12.0 Å². The first-order valence-electron chi connectivity index (χ1n) is 10.2. The molecule has 0 saturated heterocycles. The third kappa shape index (κ3) is 5.99. The Hall–Kier alpha value is -3.57. The molecule has 5 nitrogen and oxygen atoms in total. The van der Waals surface area contributed by atoms with E-state index in [0.29, 0.717) is 39.9 Å². The van der Waals surface area contributed by atoms with E-state index in [2.05, 4.69) is 5.32 Å². The number of anilines is 1. The van der Waals surface area contributed by atoms with Crippen LogP contribution in [0.4, 0.5) is 5.69 Å². The lowest BCUT2D eigenvalue weighted by Crippen LogP contribution is -2.12. The SMILES string of the molecule is CCCOc1ccc(C=CC(=O)Nc2ccc(Cl)cc2C(=O)c2ccccc2)cc1OC. The second kappa shape index (κ2) is 11.2. The predicted octanol–water partition coefficient (Wildman–Crippen LogP) is 6.02. The van der Waals surface area contributed by atoms with E-state index in [4.69, 9.17) is 21.1 Å². The van der Waals surface area contributed by atoms with E-state index in [1.54, 1.807) is 61.7 Å². The van der Waals surface area contributed by atoms with Gasteiger partial charge in [-0.05, 0) is 48.4 Å². The average molecular weight is 450 g/mol. The minimum Gasteiger partial charge on any atom is -0.493 e. The minimum atomic E-state index is -0.375. The molecule has 164 valence electrons. The van der Waals surface area contributed by atoms with E-state index >= 15 is 0 Å². The number of ether oxygens (including phenoxy) is 2. The smallest absolute Gasteiger partial charge is 0.248 e. The Morgan fingerprint density at radius 2 is 1.78 bits per heavy atom. The largest absolute Gasteiger partial charge is 0.493 e. The first-order chi connectivity index (χ1) is 15.5. The van der Waals surface area contributed by atoms with Crippen LogP contribution in [0.25, 0.3) is 6.08 Å². The van der Waals surface area contributed by atoms with Crippen molar-refractivity contribution in [1.29, 1.82) is 0 Å². The normalized spacial score (nSPS) is 10.7. The molecule has 0 aliphatic rings. The molecule has 0 saturated carbocycles. The van der Waals surface area contributed by atoms with Crippen molar-refractivity contribution in [2.75, 3.05) is 19.0 Å². The van der Waals surface area contributed by atoms with E-state index in [9.17, 15) is 9.59 Å². The molecule has 0 spiro atoms. The van der Waals surface area contributed by atoms with Crippen LogP contribution in [0, 0.1) is 0 Å². The number of amides is 1.